The molecule has 2 rings (SSSR count). The number of aryl methyl sites for hydroxylation is 1. The molecule has 0 saturated carbocycles. The second-order valence-electron chi connectivity index (χ2n) is 4.92. The third kappa shape index (κ3) is 3.10. The molecule has 100 valence electrons. The average molecular weight is 251 g/mol. The number of nitrogens with zero attached hydrogens (tertiary/aromatic N) is 3. The average Bonchev–Trinajstić information content (AvgIpc) is 2.76. The van der Waals surface area contributed by atoms with Gasteiger partial charge in [0.15, 0.2) is 0 Å². The van der Waals surface area contributed by atoms with Crippen LogP contribution < -0.4 is 0 Å². The minimum absolute atomic E-state index is 0.105. The van der Waals surface area contributed by atoms with E-state index in [2.05, 4.69) is 9.55 Å². The molecule has 1 saturated heterocycles. The van der Waals surface area contributed by atoms with Crippen LogP contribution in [0.2, 0.25) is 0 Å². The first-order chi connectivity index (χ1) is 8.70. The summed E-state index contributed by atoms with van der Waals surface area (Å²) in [6.07, 6.45) is 6.94. The number of ether oxygens (including phenoxy) is 1. The summed E-state index contributed by atoms with van der Waals surface area (Å²) >= 11 is 0. The van der Waals surface area contributed by atoms with Gasteiger partial charge >= 0.3 is 0 Å². The van der Waals surface area contributed by atoms with E-state index in [0.29, 0.717) is 5.92 Å². The molecule has 1 aliphatic rings. The van der Waals surface area contributed by atoms with Crippen LogP contribution in [0.25, 0.3) is 0 Å². The lowest BCUT2D eigenvalue weighted by atomic mass is 9.93. The Morgan fingerprint density at radius 2 is 2.22 bits per heavy atom. The van der Waals surface area contributed by atoms with E-state index in [9.17, 15) is 4.79 Å². The number of carbonyl (C=O) groups is 1. The fraction of sp³-hybridized carbons (Fsp3) is 0.692. The lowest BCUT2D eigenvalue weighted by Gasteiger charge is -2.31. The van der Waals surface area contributed by atoms with Crippen molar-refractivity contribution in [3.63, 3.8) is 0 Å². The zero-order chi connectivity index (χ0) is 13.0. The van der Waals surface area contributed by atoms with Crippen LogP contribution in [-0.2, 0) is 23.0 Å². The summed E-state index contributed by atoms with van der Waals surface area (Å²) in [5.74, 6) is 1.88. The maximum atomic E-state index is 11.7. The topological polar surface area (TPSA) is 47.4 Å². The zero-order valence-electron chi connectivity index (χ0n) is 11.1. The van der Waals surface area contributed by atoms with E-state index in [0.717, 1.165) is 38.2 Å². The van der Waals surface area contributed by atoms with E-state index in [1.807, 2.05) is 24.3 Å². The van der Waals surface area contributed by atoms with E-state index < -0.39 is 0 Å². The van der Waals surface area contributed by atoms with Crippen LogP contribution in [0.4, 0.5) is 0 Å². The van der Waals surface area contributed by atoms with Crippen LogP contribution in [0.3, 0.4) is 0 Å². The molecular weight excluding hydrogens is 230 g/mol. The third-order valence-electron chi connectivity index (χ3n) is 3.63. The highest BCUT2D eigenvalue weighted by Gasteiger charge is 2.23. The molecule has 18 heavy (non-hydrogen) atoms. The molecule has 5 nitrogen and oxygen atoms in total. The molecule has 0 spiro atoms. The molecule has 1 amide bonds. The van der Waals surface area contributed by atoms with Gasteiger partial charge in [0.2, 0.25) is 5.91 Å². The molecule has 1 aromatic rings. The van der Waals surface area contributed by atoms with Crippen LogP contribution in [0.15, 0.2) is 12.4 Å². The van der Waals surface area contributed by atoms with E-state index in [4.69, 9.17) is 4.74 Å². The molecule has 5 heteroatoms. The minimum Gasteiger partial charge on any atom is -0.375 e. The van der Waals surface area contributed by atoms with Crippen molar-refractivity contribution in [1.82, 2.24) is 14.5 Å². The Balaban J connectivity index is 1.80. The predicted molar refractivity (Wildman–Crippen MR) is 68.1 cm³/mol. The molecule has 0 N–H and O–H groups in total. The minimum atomic E-state index is 0.105. The molecule has 0 aromatic carbocycles. The normalized spacial score (nSPS) is 17.1. The fourth-order valence-corrected chi connectivity index (χ4v) is 2.45. The summed E-state index contributed by atoms with van der Waals surface area (Å²) in [4.78, 5) is 17.9. The van der Waals surface area contributed by atoms with Crippen LogP contribution >= 0.6 is 0 Å². The highest BCUT2D eigenvalue weighted by molar-refractivity contribution is 5.77. The molecule has 0 atom stereocenters. The van der Waals surface area contributed by atoms with E-state index in [-0.39, 0.29) is 12.5 Å². The summed E-state index contributed by atoms with van der Waals surface area (Å²) in [6, 6.07) is 0. The van der Waals surface area contributed by atoms with Crippen molar-refractivity contribution in [2.24, 2.45) is 13.0 Å². The number of hydrogen-bond acceptors (Lipinski definition) is 3. The smallest absolute Gasteiger partial charge is 0.248 e. The van der Waals surface area contributed by atoms with Crippen LogP contribution in [0.5, 0.6) is 0 Å². The van der Waals surface area contributed by atoms with Gasteiger partial charge in [0.1, 0.15) is 12.4 Å². The SMILES string of the molecule is COCC(=O)N1CCC(Cc2nccn2C)CC1. The Morgan fingerprint density at radius 3 is 2.78 bits per heavy atom. The van der Waals surface area contributed by atoms with Gasteiger partial charge in [0.25, 0.3) is 0 Å². The molecule has 0 unspecified atom stereocenters. The number of hydrogen-bond donors (Lipinski definition) is 0. The van der Waals surface area contributed by atoms with Crippen molar-refractivity contribution in [2.45, 2.75) is 19.3 Å². The highest BCUT2D eigenvalue weighted by Crippen LogP contribution is 2.20. The summed E-state index contributed by atoms with van der Waals surface area (Å²) in [5, 5.41) is 0. The Labute approximate surface area is 108 Å². The second kappa shape index (κ2) is 6.00. The number of imidazole rings is 1. The zero-order valence-corrected chi connectivity index (χ0v) is 11.1. The summed E-state index contributed by atoms with van der Waals surface area (Å²) < 4.78 is 6.95. The highest BCUT2D eigenvalue weighted by atomic mass is 16.5. The van der Waals surface area contributed by atoms with Gasteiger partial charge in [-0.15, -0.1) is 0 Å². The molecule has 1 aromatic heterocycles. The quantitative estimate of drug-likeness (QED) is 0.797. The molecule has 2 heterocycles. The van der Waals surface area contributed by atoms with Crippen molar-refractivity contribution >= 4 is 5.91 Å². The van der Waals surface area contributed by atoms with Gasteiger partial charge in [-0.2, -0.15) is 0 Å². The first-order valence-corrected chi connectivity index (χ1v) is 6.43. The summed E-state index contributed by atoms with van der Waals surface area (Å²) in [5.41, 5.74) is 0. The standard InChI is InChI=1S/C13H21N3O2/c1-15-8-5-14-12(15)9-11-3-6-16(7-4-11)13(17)10-18-2/h5,8,11H,3-4,6-7,9-10H2,1-2H3. The second-order valence-corrected chi connectivity index (χ2v) is 4.92. The van der Waals surface area contributed by atoms with Gasteiger partial charge in [-0.1, -0.05) is 0 Å². The predicted octanol–water partition coefficient (Wildman–Crippen LogP) is 0.848. The Morgan fingerprint density at radius 1 is 1.50 bits per heavy atom. The number of aromatic nitrogens is 2. The van der Waals surface area contributed by atoms with Gasteiger partial charge in [-0.05, 0) is 18.8 Å². The van der Waals surface area contributed by atoms with Gasteiger partial charge in [0, 0.05) is 46.1 Å². The fourth-order valence-electron chi connectivity index (χ4n) is 2.45. The van der Waals surface area contributed by atoms with Gasteiger partial charge < -0.3 is 14.2 Å². The number of rotatable bonds is 4. The van der Waals surface area contributed by atoms with Crippen LogP contribution in [0, 0.1) is 5.92 Å². The maximum Gasteiger partial charge on any atom is 0.248 e. The van der Waals surface area contributed by atoms with Crippen molar-refractivity contribution in [1.29, 1.82) is 0 Å². The Kier molecular flexibility index (Phi) is 4.36. The molecule has 0 bridgehead atoms. The molecule has 1 fully saturated rings. The number of methoxy groups -OCH3 is 1. The van der Waals surface area contributed by atoms with Gasteiger partial charge in [-0.25, -0.2) is 4.98 Å². The lowest BCUT2D eigenvalue weighted by Crippen LogP contribution is -2.40. The van der Waals surface area contributed by atoms with Crippen LogP contribution in [-0.4, -0.2) is 47.2 Å². The summed E-state index contributed by atoms with van der Waals surface area (Å²) in [7, 11) is 3.59. The van der Waals surface area contributed by atoms with Crippen molar-refractivity contribution < 1.29 is 9.53 Å². The summed E-state index contributed by atoms with van der Waals surface area (Å²) in [6.45, 7) is 1.89. The van der Waals surface area contributed by atoms with E-state index in [1.165, 1.54) is 0 Å². The lowest BCUT2D eigenvalue weighted by molar-refractivity contribution is -0.136. The van der Waals surface area contributed by atoms with Crippen molar-refractivity contribution in [2.75, 3.05) is 26.8 Å². The van der Waals surface area contributed by atoms with Crippen molar-refractivity contribution in [3.8, 4) is 0 Å². The number of piperidine rings is 1. The maximum absolute atomic E-state index is 11.7. The van der Waals surface area contributed by atoms with Gasteiger partial charge in [-0.3, -0.25) is 4.79 Å². The molecule has 0 aliphatic carbocycles. The molecular formula is C13H21N3O2. The Bertz CT molecular complexity index is 395. The van der Waals surface area contributed by atoms with E-state index >= 15 is 0 Å². The van der Waals surface area contributed by atoms with Crippen LogP contribution in [0.1, 0.15) is 18.7 Å². The third-order valence-corrected chi connectivity index (χ3v) is 3.63. The first-order valence-electron chi connectivity index (χ1n) is 6.43. The van der Waals surface area contributed by atoms with E-state index in [1.54, 1.807) is 7.11 Å². The monoisotopic (exact) mass is 251 g/mol. The number of likely N-dealkylation sites (tertiary alicyclic amines) is 1. The molecule has 1 aliphatic heterocycles. The largest absolute Gasteiger partial charge is 0.375 e. The first kappa shape index (κ1) is 13.1. The number of amides is 1. The van der Waals surface area contributed by atoms with Gasteiger partial charge in [0.05, 0.1) is 0 Å². The number of carbonyl (C=O) groups excluding carboxylic acids is 1. The molecule has 0 radical (unpaired) electrons. The Hall–Kier alpha value is -1.36. The van der Waals surface area contributed by atoms with Crippen molar-refractivity contribution in [3.05, 3.63) is 18.2 Å².